The molecule has 0 bridgehead atoms. The quantitative estimate of drug-likeness (QED) is 0.744. The lowest BCUT2D eigenvalue weighted by Gasteiger charge is -2.51. The summed E-state index contributed by atoms with van der Waals surface area (Å²) >= 11 is 0. The number of carbonyl (C=O) groups is 3. The number of aromatic nitrogens is 1. The van der Waals surface area contributed by atoms with Crippen LogP contribution in [-0.4, -0.2) is 76.1 Å². The summed E-state index contributed by atoms with van der Waals surface area (Å²) in [5, 5.41) is 16.6. The molecule has 1 amide bonds. The van der Waals surface area contributed by atoms with E-state index in [9.17, 15) is 14.7 Å². The van der Waals surface area contributed by atoms with Crippen molar-refractivity contribution in [3.63, 3.8) is 0 Å². The fourth-order valence-corrected chi connectivity index (χ4v) is 3.83. The van der Waals surface area contributed by atoms with E-state index >= 15 is 0 Å². The van der Waals surface area contributed by atoms with E-state index in [1.165, 1.54) is 6.39 Å². The van der Waals surface area contributed by atoms with E-state index in [1.807, 2.05) is 7.05 Å². The van der Waals surface area contributed by atoms with Crippen LogP contribution in [-0.2, 0) is 9.59 Å². The lowest BCUT2D eigenvalue weighted by atomic mass is 9.68. The lowest BCUT2D eigenvalue weighted by molar-refractivity contribution is -0.161. The molecule has 9 heteroatoms. The first kappa shape index (κ1) is 18.9. The van der Waals surface area contributed by atoms with Crippen LogP contribution in [0.25, 0.3) is 0 Å². The number of amides is 1. The molecule has 2 aliphatic rings. The second-order valence-corrected chi connectivity index (χ2v) is 6.42. The smallest absolute Gasteiger partial charge is 0.311 e. The number of hydrogen-bond acceptors (Lipinski definition) is 6. The van der Waals surface area contributed by atoms with E-state index in [0.717, 1.165) is 13.0 Å². The molecule has 1 aromatic rings. The number of hydrogen-bond donors (Lipinski definition) is 2. The van der Waals surface area contributed by atoms with Crippen LogP contribution >= 0.6 is 0 Å². The zero-order chi connectivity index (χ0) is 18.6. The summed E-state index contributed by atoms with van der Waals surface area (Å²) in [6.45, 7) is 3.19. The molecule has 3 rings (SSSR count). The number of carboxylic acid groups (broad SMARTS) is 2. The maximum Gasteiger partial charge on any atom is 0.311 e. The Bertz CT molecular complexity index is 646. The molecule has 2 saturated heterocycles. The SMILES string of the molecule is Cc1ocnc1C(=O)N1CC[C@@]2(C(=O)O)CCCN(C)[C@@H]2C1.O=CO. The van der Waals surface area contributed by atoms with Crippen molar-refractivity contribution in [1.29, 1.82) is 0 Å². The first-order valence-corrected chi connectivity index (χ1v) is 8.08. The summed E-state index contributed by atoms with van der Waals surface area (Å²) in [7, 11) is 1.94. The van der Waals surface area contributed by atoms with Gasteiger partial charge in [0, 0.05) is 19.1 Å². The molecule has 2 atom stereocenters. The number of likely N-dealkylation sites (N-methyl/N-ethyl adjacent to an activating group) is 1. The van der Waals surface area contributed by atoms with Crippen LogP contribution in [0.2, 0.25) is 0 Å². The maximum absolute atomic E-state index is 12.6. The standard InChI is InChI=1S/C15H21N3O4.CH2O2/c1-10-12(16-9-22-10)13(19)18-7-5-15(14(20)21)4-3-6-17(2)11(15)8-18;2-1-3/h9,11H,3-8H2,1-2H3,(H,20,21);1H,(H,2,3)/t11-,15+;/m1./s1. The molecule has 2 aliphatic heterocycles. The van der Waals surface area contributed by atoms with E-state index in [2.05, 4.69) is 9.88 Å². The van der Waals surface area contributed by atoms with Gasteiger partial charge in [-0.15, -0.1) is 0 Å². The normalized spacial score (nSPS) is 26.2. The highest BCUT2D eigenvalue weighted by Crippen LogP contribution is 2.42. The molecule has 9 nitrogen and oxygen atoms in total. The highest BCUT2D eigenvalue weighted by Gasteiger charge is 2.53. The van der Waals surface area contributed by atoms with Gasteiger partial charge in [-0.2, -0.15) is 0 Å². The Labute approximate surface area is 145 Å². The Kier molecular flexibility index (Phi) is 5.78. The number of fused-ring (bicyclic) bond motifs is 1. The molecule has 0 saturated carbocycles. The van der Waals surface area contributed by atoms with Gasteiger partial charge in [-0.1, -0.05) is 0 Å². The van der Waals surface area contributed by atoms with E-state index in [-0.39, 0.29) is 18.4 Å². The summed E-state index contributed by atoms with van der Waals surface area (Å²) in [6, 6.07) is -0.149. The Hall–Kier alpha value is -2.42. The Morgan fingerprint density at radius 2 is 2.08 bits per heavy atom. The van der Waals surface area contributed by atoms with E-state index in [1.54, 1.807) is 11.8 Å². The number of likely N-dealkylation sites (tertiary alicyclic amines) is 2. The minimum absolute atomic E-state index is 0.149. The first-order valence-electron chi connectivity index (χ1n) is 8.08. The van der Waals surface area contributed by atoms with Crippen molar-refractivity contribution in [2.45, 2.75) is 32.2 Å². The minimum Gasteiger partial charge on any atom is -0.483 e. The van der Waals surface area contributed by atoms with Crippen LogP contribution in [0.5, 0.6) is 0 Å². The van der Waals surface area contributed by atoms with Crippen LogP contribution in [0.1, 0.15) is 35.5 Å². The summed E-state index contributed by atoms with van der Waals surface area (Å²) < 4.78 is 5.10. The van der Waals surface area contributed by atoms with Crippen LogP contribution < -0.4 is 0 Å². The van der Waals surface area contributed by atoms with Crippen molar-refractivity contribution in [3.8, 4) is 0 Å². The van der Waals surface area contributed by atoms with Gasteiger partial charge in [0.05, 0.1) is 5.41 Å². The Morgan fingerprint density at radius 1 is 1.40 bits per heavy atom. The van der Waals surface area contributed by atoms with Gasteiger partial charge in [-0.3, -0.25) is 14.4 Å². The second-order valence-electron chi connectivity index (χ2n) is 6.42. The van der Waals surface area contributed by atoms with Crippen LogP contribution in [0.3, 0.4) is 0 Å². The van der Waals surface area contributed by atoms with Gasteiger partial charge in [0.1, 0.15) is 5.76 Å². The van der Waals surface area contributed by atoms with Crippen LogP contribution in [0.15, 0.2) is 10.8 Å². The number of piperidine rings is 2. The van der Waals surface area contributed by atoms with E-state index in [4.69, 9.17) is 14.3 Å². The average molecular weight is 353 g/mol. The summed E-state index contributed by atoms with van der Waals surface area (Å²) in [5.74, 6) is -0.421. The molecule has 3 heterocycles. The van der Waals surface area contributed by atoms with Gasteiger partial charge < -0.3 is 24.4 Å². The van der Waals surface area contributed by atoms with Gasteiger partial charge in [-0.05, 0) is 39.8 Å². The summed E-state index contributed by atoms with van der Waals surface area (Å²) in [6.07, 6.45) is 3.32. The third-order valence-corrected chi connectivity index (χ3v) is 5.19. The molecule has 0 aromatic carbocycles. The highest BCUT2D eigenvalue weighted by atomic mass is 16.4. The van der Waals surface area contributed by atoms with Crippen molar-refractivity contribution >= 4 is 18.3 Å². The van der Waals surface area contributed by atoms with Gasteiger partial charge in [0.25, 0.3) is 12.4 Å². The fraction of sp³-hybridized carbons (Fsp3) is 0.625. The number of aliphatic carboxylic acids is 1. The zero-order valence-corrected chi connectivity index (χ0v) is 14.3. The molecule has 1 aromatic heterocycles. The highest BCUT2D eigenvalue weighted by molar-refractivity contribution is 5.93. The van der Waals surface area contributed by atoms with Crippen LogP contribution in [0.4, 0.5) is 0 Å². The number of aryl methyl sites for hydroxylation is 1. The van der Waals surface area contributed by atoms with Crippen molar-refractivity contribution in [3.05, 3.63) is 17.8 Å². The Balaban J connectivity index is 0.000000701. The number of nitrogens with zero attached hydrogens (tertiary/aromatic N) is 3. The largest absolute Gasteiger partial charge is 0.483 e. The predicted molar refractivity (Wildman–Crippen MR) is 86.2 cm³/mol. The van der Waals surface area contributed by atoms with Crippen molar-refractivity contribution in [2.75, 3.05) is 26.7 Å². The van der Waals surface area contributed by atoms with Gasteiger partial charge in [-0.25, -0.2) is 4.98 Å². The predicted octanol–water partition coefficient (Wildman–Crippen LogP) is 0.695. The molecule has 2 fully saturated rings. The van der Waals surface area contributed by atoms with Gasteiger partial charge >= 0.3 is 5.97 Å². The number of oxazole rings is 1. The first-order chi connectivity index (χ1) is 11.9. The second kappa shape index (κ2) is 7.64. The van der Waals surface area contributed by atoms with Gasteiger partial charge in [0.15, 0.2) is 12.1 Å². The van der Waals surface area contributed by atoms with Crippen LogP contribution in [0, 0.1) is 12.3 Å². The van der Waals surface area contributed by atoms with Gasteiger partial charge in [0.2, 0.25) is 0 Å². The molecule has 25 heavy (non-hydrogen) atoms. The molecule has 0 spiro atoms. The topological polar surface area (TPSA) is 124 Å². The van der Waals surface area contributed by atoms with Crippen molar-refractivity contribution in [2.24, 2.45) is 5.41 Å². The van der Waals surface area contributed by atoms with E-state index in [0.29, 0.717) is 37.4 Å². The number of carbonyl (C=O) groups excluding carboxylic acids is 1. The fourth-order valence-electron chi connectivity index (χ4n) is 3.83. The monoisotopic (exact) mass is 353 g/mol. The minimum atomic E-state index is -0.742. The molecule has 0 unspecified atom stereocenters. The van der Waals surface area contributed by atoms with Crippen molar-refractivity contribution < 1.29 is 29.0 Å². The van der Waals surface area contributed by atoms with Crippen molar-refractivity contribution in [1.82, 2.24) is 14.8 Å². The summed E-state index contributed by atoms with van der Waals surface area (Å²) in [5.41, 5.74) is -0.413. The van der Waals surface area contributed by atoms with E-state index < -0.39 is 11.4 Å². The molecular formula is C16H23N3O6. The zero-order valence-electron chi connectivity index (χ0n) is 14.3. The molecule has 0 radical (unpaired) electrons. The third-order valence-electron chi connectivity index (χ3n) is 5.19. The third kappa shape index (κ3) is 3.51. The Morgan fingerprint density at radius 3 is 2.64 bits per heavy atom. The lowest BCUT2D eigenvalue weighted by Crippen LogP contribution is -2.63. The molecule has 0 aliphatic carbocycles. The number of carboxylic acids is 1. The molecule has 138 valence electrons. The molecule has 2 N–H and O–H groups in total. The average Bonchev–Trinajstić information content (AvgIpc) is 3.01. The number of rotatable bonds is 2. The summed E-state index contributed by atoms with van der Waals surface area (Å²) in [4.78, 5) is 40.6. The maximum atomic E-state index is 12.6. The molecular weight excluding hydrogens is 330 g/mol.